The summed E-state index contributed by atoms with van der Waals surface area (Å²) >= 11 is 0. The van der Waals surface area contributed by atoms with Crippen LogP contribution in [0.3, 0.4) is 0 Å². The Labute approximate surface area is 74.0 Å². The molecule has 1 N–H and O–H groups in total. The molecule has 1 fully saturated rings. The van der Waals surface area contributed by atoms with Crippen LogP contribution in [-0.2, 0) is 10.0 Å². The molecular weight excluding hydrogens is 176 g/mol. The van der Waals surface area contributed by atoms with E-state index in [1.807, 2.05) is 6.92 Å². The summed E-state index contributed by atoms with van der Waals surface area (Å²) in [5.74, 6) is 0. The highest BCUT2D eigenvalue weighted by atomic mass is 32.2. The lowest BCUT2D eigenvalue weighted by Crippen LogP contribution is -2.43. The maximum Gasteiger partial charge on any atom is 0.210 e. The standard InChI is InChI=1S/C7H16N2O2S/c1-3-9-6-4-5-7(9)8-12(2,10)11/h7-8H,3-6H2,1-2H3. The summed E-state index contributed by atoms with van der Waals surface area (Å²) in [4.78, 5) is 2.14. The number of rotatable bonds is 3. The molecule has 5 heteroatoms. The van der Waals surface area contributed by atoms with Crippen molar-refractivity contribution >= 4 is 10.0 Å². The van der Waals surface area contributed by atoms with Crippen LogP contribution in [0, 0.1) is 0 Å². The molecule has 1 aliphatic heterocycles. The summed E-state index contributed by atoms with van der Waals surface area (Å²) in [7, 11) is -3.04. The Balaban J connectivity index is 2.52. The van der Waals surface area contributed by atoms with Crippen LogP contribution in [0.25, 0.3) is 0 Å². The summed E-state index contributed by atoms with van der Waals surface area (Å²) in [5.41, 5.74) is 0. The van der Waals surface area contributed by atoms with Gasteiger partial charge in [-0.05, 0) is 25.9 Å². The third-order valence-electron chi connectivity index (χ3n) is 2.12. The molecule has 1 unspecified atom stereocenters. The van der Waals surface area contributed by atoms with Gasteiger partial charge in [0.05, 0.1) is 12.4 Å². The first-order valence-corrected chi connectivity index (χ1v) is 6.13. The molecule has 72 valence electrons. The summed E-state index contributed by atoms with van der Waals surface area (Å²) in [6.45, 7) is 3.96. The van der Waals surface area contributed by atoms with E-state index in [0.29, 0.717) is 0 Å². The van der Waals surface area contributed by atoms with Crippen LogP contribution in [0.4, 0.5) is 0 Å². The van der Waals surface area contributed by atoms with Crippen LogP contribution < -0.4 is 4.72 Å². The van der Waals surface area contributed by atoms with E-state index in [0.717, 1.165) is 25.9 Å². The molecule has 0 bridgehead atoms. The first-order valence-electron chi connectivity index (χ1n) is 4.24. The van der Waals surface area contributed by atoms with Crippen molar-refractivity contribution in [2.24, 2.45) is 0 Å². The maximum absolute atomic E-state index is 10.9. The lowest BCUT2D eigenvalue weighted by atomic mass is 10.3. The van der Waals surface area contributed by atoms with Crippen LogP contribution in [0.2, 0.25) is 0 Å². The number of likely N-dealkylation sites (tertiary alicyclic amines) is 1. The number of sulfonamides is 1. The maximum atomic E-state index is 10.9. The van der Waals surface area contributed by atoms with Gasteiger partial charge in [0, 0.05) is 0 Å². The van der Waals surface area contributed by atoms with E-state index in [4.69, 9.17) is 0 Å². The van der Waals surface area contributed by atoms with Gasteiger partial charge in [-0.25, -0.2) is 8.42 Å². The molecule has 1 heterocycles. The van der Waals surface area contributed by atoms with E-state index in [9.17, 15) is 8.42 Å². The summed E-state index contributed by atoms with van der Waals surface area (Å²) < 4.78 is 24.4. The fourth-order valence-electron chi connectivity index (χ4n) is 1.59. The van der Waals surface area contributed by atoms with Crippen molar-refractivity contribution in [1.82, 2.24) is 9.62 Å². The van der Waals surface area contributed by atoms with E-state index in [-0.39, 0.29) is 6.17 Å². The molecule has 1 saturated heterocycles. The van der Waals surface area contributed by atoms with Crippen molar-refractivity contribution in [2.75, 3.05) is 19.3 Å². The van der Waals surface area contributed by atoms with Crippen LogP contribution in [-0.4, -0.2) is 38.8 Å². The van der Waals surface area contributed by atoms with E-state index in [1.165, 1.54) is 6.26 Å². The SMILES string of the molecule is CCN1CCCC1NS(C)(=O)=O. The lowest BCUT2D eigenvalue weighted by molar-refractivity contribution is 0.255. The molecule has 0 amide bonds. The lowest BCUT2D eigenvalue weighted by Gasteiger charge is -2.22. The molecule has 1 aliphatic rings. The van der Waals surface area contributed by atoms with Gasteiger partial charge in [-0.2, -0.15) is 4.72 Å². The molecule has 1 atom stereocenters. The van der Waals surface area contributed by atoms with E-state index >= 15 is 0 Å². The minimum absolute atomic E-state index is 0.0324. The number of hydrogen-bond acceptors (Lipinski definition) is 3. The van der Waals surface area contributed by atoms with Crippen LogP contribution >= 0.6 is 0 Å². The normalized spacial score (nSPS) is 26.3. The minimum Gasteiger partial charge on any atom is -0.288 e. The highest BCUT2D eigenvalue weighted by Crippen LogP contribution is 2.14. The summed E-state index contributed by atoms with van der Waals surface area (Å²) in [6.07, 6.45) is 3.26. The van der Waals surface area contributed by atoms with Crippen molar-refractivity contribution in [2.45, 2.75) is 25.9 Å². The van der Waals surface area contributed by atoms with Crippen LogP contribution in [0.15, 0.2) is 0 Å². The van der Waals surface area contributed by atoms with Crippen molar-refractivity contribution in [3.63, 3.8) is 0 Å². The molecule has 1 rings (SSSR count). The minimum atomic E-state index is -3.04. The van der Waals surface area contributed by atoms with Gasteiger partial charge >= 0.3 is 0 Å². The third kappa shape index (κ3) is 2.73. The van der Waals surface area contributed by atoms with Crippen molar-refractivity contribution in [3.05, 3.63) is 0 Å². The van der Waals surface area contributed by atoms with Crippen molar-refractivity contribution < 1.29 is 8.42 Å². The average Bonchev–Trinajstić information content (AvgIpc) is 2.31. The Kier molecular flexibility index (Phi) is 3.09. The van der Waals surface area contributed by atoms with Gasteiger partial charge in [0.1, 0.15) is 0 Å². The van der Waals surface area contributed by atoms with E-state index < -0.39 is 10.0 Å². The first-order chi connectivity index (χ1) is 5.53. The van der Waals surface area contributed by atoms with Crippen molar-refractivity contribution in [1.29, 1.82) is 0 Å². The fourth-order valence-corrected chi connectivity index (χ4v) is 2.35. The second kappa shape index (κ2) is 3.72. The molecule has 4 nitrogen and oxygen atoms in total. The van der Waals surface area contributed by atoms with E-state index in [1.54, 1.807) is 0 Å². The quantitative estimate of drug-likeness (QED) is 0.683. The third-order valence-corrected chi connectivity index (χ3v) is 2.82. The number of nitrogens with zero attached hydrogens (tertiary/aromatic N) is 1. The summed E-state index contributed by atoms with van der Waals surface area (Å²) in [5, 5.41) is 0. The Hall–Kier alpha value is -0.130. The van der Waals surface area contributed by atoms with Gasteiger partial charge in [-0.3, -0.25) is 4.90 Å². The number of nitrogens with one attached hydrogen (secondary N) is 1. The van der Waals surface area contributed by atoms with Gasteiger partial charge in [0.15, 0.2) is 0 Å². The molecule has 12 heavy (non-hydrogen) atoms. The second-order valence-electron chi connectivity index (χ2n) is 3.18. The predicted octanol–water partition coefficient (Wildman–Crippen LogP) is -0.0226. The smallest absolute Gasteiger partial charge is 0.210 e. The van der Waals surface area contributed by atoms with Gasteiger partial charge in [-0.15, -0.1) is 0 Å². The van der Waals surface area contributed by atoms with Gasteiger partial charge in [-0.1, -0.05) is 6.92 Å². The van der Waals surface area contributed by atoms with Crippen LogP contribution in [0.1, 0.15) is 19.8 Å². The Bertz CT molecular complexity index is 238. The molecule has 0 aromatic heterocycles. The monoisotopic (exact) mass is 192 g/mol. The molecule has 0 saturated carbocycles. The predicted molar refractivity (Wildman–Crippen MR) is 48.2 cm³/mol. The molecule has 0 spiro atoms. The average molecular weight is 192 g/mol. The topological polar surface area (TPSA) is 49.4 Å². The Morgan fingerprint density at radius 2 is 2.25 bits per heavy atom. The molecule has 0 aromatic carbocycles. The zero-order valence-corrected chi connectivity index (χ0v) is 8.39. The van der Waals surface area contributed by atoms with Crippen LogP contribution in [0.5, 0.6) is 0 Å². The largest absolute Gasteiger partial charge is 0.288 e. The second-order valence-corrected chi connectivity index (χ2v) is 4.96. The fraction of sp³-hybridized carbons (Fsp3) is 1.00. The zero-order chi connectivity index (χ0) is 9.19. The Morgan fingerprint density at radius 1 is 1.58 bits per heavy atom. The molecule has 0 aliphatic carbocycles. The Morgan fingerprint density at radius 3 is 2.75 bits per heavy atom. The van der Waals surface area contributed by atoms with Gasteiger partial charge < -0.3 is 0 Å². The van der Waals surface area contributed by atoms with Crippen molar-refractivity contribution in [3.8, 4) is 0 Å². The van der Waals surface area contributed by atoms with E-state index in [2.05, 4.69) is 9.62 Å². The highest BCUT2D eigenvalue weighted by molar-refractivity contribution is 7.88. The molecule has 0 radical (unpaired) electrons. The highest BCUT2D eigenvalue weighted by Gasteiger charge is 2.24. The van der Waals surface area contributed by atoms with Gasteiger partial charge in [0.25, 0.3) is 0 Å². The first kappa shape index (κ1) is 9.95. The number of hydrogen-bond donors (Lipinski definition) is 1. The van der Waals surface area contributed by atoms with Gasteiger partial charge in [0.2, 0.25) is 10.0 Å². The molecular formula is C7H16N2O2S. The molecule has 0 aromatic rings. The summed E-state index contributed by atoms with van der Waals surface area (Å²) in [6, 6.07) is 0. The zero-order valence-electron chi connectivity index (χ0n) is 7.58.